The highest BCUT2D eigenvalue weighted by Crippen LogP contribution is 2.43. The van der Waals surface area contributed by atoms with Crippen LogP contribution < -0.4 is 15.3 Å². The van der Waals surface area contributed by atoms with Crippen LogP contribution in [0.1, 0.15) is 25.3 Å². The van der Waals surface area contributed by atoms with Crippen molar-refractivity contribution in [2.24, 2.45) is 0 Å². The van der Waals surface area contributed by atoms with Crippen molar-refractivity contribution in [3.8, 4) is 5.75 Å². The number of imidazole rings is 1. The van der Waals surface area contributed by atoms with Gasteiger partial charge in [0, 0.05) is 6.54 Å². The lowest BCUT2D eigenvalue weighted by Gasteiger charge is -2.23. The molecule has 258 valence electrons. The number of aliphatic hydroxyl groups is 1. The third-order valence-corrected chi connectivity index (χ3v) is 8.10. The van der Waals surface area contributed by atoms with E-state index in [-0.39, 0.29) is 12.5 Å². The maximum atomic E-state index is 13.6. The summed E-state index contributed by atoms with van der Waals surface area (Å²) >= 11 is 0. The summed E-state index contributed by atoms with van der Waals surface area (Å²) in [5.41, 5.74) is 5.35. The molecule has 0 aliphatic rings. The van der Waals surface area contributed by atoms with E-state index >= 15 is 0 Å². The van der Waals surface area contributed by atoms with Crippen molar-refractivity contribution >= 4 is 42.4 Å². The molecule has 4 rings (SSSR count). The van der Waals surface area contributed by atoms with E-state index in [0.29, 0.717) is 49.0 Å². The Balaban J connectivity index is 0.000000408. The van der Waals surface area contributed by atoms with E-state index in [1.807, 2.05) is 60.0 Å². The minimum atomic E-state index is -3.38. The molecule has 0 saturated heterocycles. The van der Waals surface area contributed by atoms with Crippen LogP contribution in [0.2, 0.25) is 0 Å². The standard InChI is InChI=1S/C24H29N6O4P.C6H8O7/c1-19(14-30-17-28-22-23(25)26-16-27-24(22)30)33-18-35(31,34-21-10-6-3-7-11-21)29-12-13-32-15-20-8-4-2-5-9-20;7-3(8)1-6(13,5(11)12)2-4(9)10/h2-11,16-17,19H,12-15,18H2,1H3,(H,29,31)(H2,25,26,27);13H,1-2H2,(H,7,8)(H,9,10)(H,11,12)/t19-,35+;/m1./s1. The molecule has 0 unspecified atom stereocenters. The third kappa shape index (κ3) is 12.0. The molecule has 7 N–H and O–H groups in total. The number of carboxylic acid groups (broad SMARTS) is 3. The summed E-state index contributed by atoms with van der Waals surface area (Å²) < 4.78 is 32.9. The van der Waals surface area contributed by atoms with Crippen molar-refractivity contribution in [2.75, 3.05) is 25.2 Å². The molecule has 0 spiro atoms. The molecule has 4 aromatic rings. The summed E-state index contributed by atoms with van der Waals surface area (Å²) in [6.45, 7) is 3.52. The SMILES string of the molecule is C[C@H](Cn1cnc2c(N)ncnc21)OC[P@@](=O)(NCCOCc1ccccc1)Oc1ccccc1.O=C(O)CC(O)(CC(=O)O)C(=O)O. The zero-order valence-corrected chi connectivity index (χ0v) is 26.8. The molecule has 0 fully saturated rings. The number of carboxylic acids is 3. The number of fused-ring (bicyclic) bond motifs is 1. The highest BCUT2D eigenvalue weighted by molar-refractivity contribution is 7.57. The van der Waals surface area contributed by atoms with Crippen LogP contribution in [0.5, 0.6) is 5.75 Å². The first kappa shape index (κ1) is 37.5. The maximum Gasteiger partial charge on any atom is 0.342 e. The number of anilines is 1. The van der Waals surface area contributed by atoms with Gasteiger partial charge in [0.05, 0.1) is 45.0 Å². The summed E-state index contributed by atoms with van der Waals surface area (Å²) in [6.07, 6.45) is 0.326. The van der Waals surface area contributed by atoms with E-state index in [2.05, 4.69) is 20.0 Å². The Morgan fingerprint density at radius 2 is 1.60 bits per heavy atom. The number of benzene rings is 2. The molecule has 2 heterocycles. The molecule has 2 aromatic heterocycles. The summed E-state index contributed by atoms with van der Waals surface area (Å²) in [7, 11) is -3.38. The Hall–Kier alpha value is -4.93. The summed E-state index contributed by atoms with van der Waals surface area (Å²) in [6, 6.07) is 18.9. The van der Waals surface area contributed by atoms with Gasteiger partial charge in [-0.1, -0.05) is 48.5 Å². The Morgan fingerprint density at radius 3 is 2.21 bits per heavy atom. The molecular weight excluding hydrogens is 651 g/mol. The molecule has 48 heavy (non-hydrogen) atoms. The van der Waals surface area contributed by atoms with Gasteiger partial charge in [-0.3, -0.25) is 14.2 Å². The van der Waals surface area contributed by atoms with E-state index < -0.39 is 43.9 Å². The number of ether oxygens (including phenoxy) is 2. The molecule has 0 amide bonds. The fraction of sp³-hybridized carbons (Fsp3) is 0.333. The Morgan fingerprint density at radius 1 is 0.979 bits per heavy atom. The Kier molecular flexibility index (Phi) is 13.9. The lowest BCUT2D eigenvalue weighted by molar-refractivity contribution is -0.170. The number of rotatable bonds is 18. The number of para-hydroxylation sites is 1. The van der Waals surface area contributed by atoms with Crippen LogP contribution in [0.25, 0.3) is 11.2 Å². The molecule has 0 aliphatic carbocycles. The van der Waals surface area contributed by atoms with Gasteiger partial charge in [-0.25, -0.2) is 24.8 Å². The molecular formula is C30H37N6O11P. The summed E-state index contributed by atoms with van der Waals surface area (Å²) in [5.74, 6) is -4.20. The molecule has 0 bridgehead atoms. The van der Waals surface area contributed by atoms with E-state index in [4.69, 9.17) is 40.2 Å². The number of aromatic nitrogens is 4. The van der Waals surface area contributed by atoms with Crippen LogP contribution in [0, 0.1) is 0 Å². The van der Waals surface area contributed by atoms with Gasteiger partial charge >= 0.3 is 25.4 Å². The van der Waals surface area contributed by atoms with Crippen LogP contribution in [0.15, 0.2) is 73.3 Å². The van der Waals surface area contributed by atoms with Crippen LogP contribution in [0.3, 0.4) is 0 Å². The van der Waals surface area contributed by atoms with Crippen molar-refractivity contribution in [1.82, 2.24) is 24.6 Å². The van der Waals surface area contributed by atoms with Gasteiger partial charge in [-0.15, -0.1) is 0 Å². The number of nitrogens with one attached hydrogen (secondary N) is 1. The fourth-order valence-corrected chi connectivity index (χ4v) is 5.66. The number of nitrogens with two attached hydrogens (primary N) is 1. The van der Waals surface area contributed by atoms with Crippen LogP contribution in [-0.4, -0.2) is 89.1 Å². The number of hydrogen-bond acceptors (Lipinski definition) is 12. The number of aliphatic carboxylic acids is 3. The topological polar surface area (TPSA) is 259 Å². The zero-order chi connectivity index (χ0) is 35.2. The molecule has 18 heteroatoms. The highest BCUT2D eigenvalue weighted by atomic mass is 31.2. The molecule has 2 aromatic carbocycles. The first-order valence-corrected chi connectivity index (χ1v) is 16.2. The third-order valence-electron chi connectivity index (χ3n) is 6.40. The summed E-state index contributed by atoms with van der Waals surface area (Å²) in [5, 5.41) is 36.8. The van der Waals surface area contributed by atoms with Gasteiger partial charge in [0.2, 0.25) is 0 Å². The monoisotopic (exact) mass is 688 g/mol. The number of carbonyl (C=O) groups is 3. The predicted octanol–water partition coefficient (Wildman–Crippen LogP) is 2.60. The van der Waals surface area contributed by atoms with Gasteiger partial charge in [0.15, 0.2) is 17.1 Å². The van der Waals surface area contributed by atoms with Gasteiger partial charge < -0.3 is 44.7 Å². The van der Waals surface area contributed by atoms with Crippen molar-refractivity contribution in [2.45, 2.75) is 44.6 Å². The average Bonchev–Trinajstić information content (AvgIpc) is 3.44. The molecule has 17 nitrogen and oxygen atoms in total. The van der Waals surface area contributed by atoms with Crippen molar-refractivity contribution in [3.63, 3.8) is 0 Å². The summed E-state index contributed by atoms with van der Waals surface area (Å²) in [4.78, 5) is 43.0. The van der Waals surface area contributed by atoms with Gasteiger partial charge in [-0.05, 0) is 24.6 Å². The highest BCUT2D eigenvalue weighted by Gasteiger charge is 2.40. The number of hydrogen-bond donors (Lipinski definition) is 6. The number of nitrogen functional groups attached to an aromatic ring is 1. The van der Waals surface area contributed by atoms with Crippen molar-refractivity contribution < 1.29 is 53.4 Å². The first-order chi connectivity index (χ1) is 22.8. The second-order valence-electron chi connectivity index (χ2n) is 10.4. The second kappa shape index (κ2) is 17.8. The average molecular weight is 689 g/mol. The van der Waals surface area contributed by atoms with E-state index in [1.165, 1.54) is 6.33 Å². The second-order valence-corrected chi connectivity index (χ2v) is 12.5. The van der Waals surface area contributed by atoms with Crippen LogP contribution in [0.4, 0.5) is 5.82 Å². The lowest BCUT2D eigenvalue weighted by Crippen LogP contribution is -2.42. The minimum Gasteiger partial charge on any atom is -0.481 e. The smallest absolute Gasteiger partial charge is 0.342 e. The largest absolute Gasteiger partial charge is 0.481 e. The van der Waals surface area contributed by atoms with Crippen molar-refractivity contribution in [3.05, 3.63) is 78.9 Å². The lowest BCUT2D eigenvalue weighted by atomic mass is 9.96. The van der Waals surface area contributed by atoms with E-state index in [1.54, 1.807) is 18.5 Å². The normalized spacial score (nSPS) is 13.1. The quantitative estimate of drug-likeness (QED) is 0.0648. The molecule has 0 aliphatic heterocycles. The molecule has 0 radical (unpaired) electrons. The van der Waals surface area contributed by atoms with Gasteiger partial charge in [0.1, 0.15) is 23.9 Å². The van der Waals surface area contributed by atoms with Gasteiger partial charge in [0.25, 0.3) is 0 Å². The van der Waals surface area contributed by atoms with Crippen LogP contribution in [-0.2, 0) is 41.6 Å². The van der Waals surface area contributed by atoms with Crippen LogP contribution >= 0.6 is 7.52 Å². The fourth-order valence-electron chi connectivity index (χ4n) is 4.11. The predicted molar refractivity (Wildman–Crippen MR) is 171 cm³/mol. The van der Waals surface area contributed by atoms with E-state index in [0.717, 1.165) is 5.56 Å². The Labute approximate surface area is 274 Å². The van der Waals surface area contributed by atoms with E-state index in [9.17, 15) is 18.9 Å². The first-order valence-electron chi connectivity index (χ1n) is 14.4. The van der Waals surface area contributed by atoms with Gasteiger partial charge in [-0.2, -0.15) is 0 Å². The Bertz CT molecular complexity index is 1670. The zero-order valence-electron chi connectivity index (χ0n) is 25.9. The molecule has 2 atom stereocenters. The molecule has 0 saturated carbocycles. The minimum absolute atomic E-state index is 0.120. The number of nitrogens with zero attached hydrogens (tertiary/aromatic N) is 4. The maximum absolute atomic E-state index is 13.6. The van der Waals surface area contributed by atoms with Crippen molar-refractivity contribution in [1.29, 1.82) is 0 Å².